The number of phenolic OH excluding ortho intramolecular Hbond substituents is 1. The van der Waals surface area contributed by atoms with Gasteiger partial charge in [-0.25, -0.2) is 14.4 Å². The number of rotatable bonds is 8. The third kappa shape index (κ3) is 6.15. The van der Waals surface area contributed by atoms with E-state index in [2.05, 4.69) is 25.3 Å². The maximum atomic E-state index is 13.9. The predicted molar refractivity (Wildman–Crippen MR) is 140 cm³/mol. The number of phenols is 1. The topological polar surface area (TPSA) is 105 Å². The van der Waals surface area contributed by atoms with Crippen LogP contribution in [0.3, 0.4) is 0 Å². The second-order valence-electron chi connectivity index (χ2n) is 9.38. The van der Waals surface area contributed by atoms with Gasteiger partial charge in [0.25, 0.3) is 0 Å². The summed E-state index contributed by atoms with van der Waals surface area (Å²) in [4.78, 5) is 23.2. The highest BCUT2D eigenvalue weighted by molar-refractivity contribution is 5.71. The summed E-state index contributed by atoms with van der Waals surface area (Å²) in [6, 6.07) is 14.1. The van der Waals surface area contributed by atoms with Gasteiger partial charge in [-0.2, -0.15) is 5.10 Å². The molecular formula is C28H29FN6O3. The lowest BCUT2D eigenvalue weighted by atomic mass is 10.1. The molecular weight excluding hydrogens is 487 g/mol. The number of halogens is 1. The average molecular weight is 517 g/mol. The Labute approximate surface area is 219 Å². The zero-order valence-electron chi connectivity index (χ0n) is 21.0. The summed E-state index contributed by atoms with van der Waals surface area (Å²) in [5, 5.41) is 17.2. The second-order valence-corrected chi connectivity index (χ2v) is 9.38. The Hall–Kier alpha value is -4.31. The van der Waals surface area contributed by atoms with Crippen molar-refractivity contribution >= 4 is 17.6 Å². The first-order valence-electron chi connectivity index (χ1n) is 12.5. The van der Waals surface area contributed by atoms with Gasteiger partial charge < -0.3 is 15.2 Å². The minimum atomic E-state index is -0.702. The number of aromatic hydroxyl groups is 1. The second kappa shape index (κ2) is 11.4. The molecule has 0 amide bonds. The van der Waals surface area contributed by atoms with Crippen LogP contribution in [-0.2, 0) is 16.1 Å². The maximum absolute atomic E-state index is 13.9. The molecule has 38 heavy (non-hydrogen) atoms. The summed E-state index contributed by atoms with van der Waals surface area (Å²) in [5.41, 5.74) is 3.62. The van der Waals surface area contributed by atoms with Crippen molar-refractivity contribution in [3.05, 3.63) is 84.1 Å². The van der Waals surface area contributed by atoms with Gasteiger partial charge in [-0.3, -0.25) is 14.4 Å². The fourth-order valence-electron chi connectivity index (χ4n) is 4.49. The van der Waals surface area contributed by atoms with E-state index in [-0.39, 0.29) is 25.2 Å². The zero-order chi connectivity index (χ0) is 26.5. The van der Waals surface area contributed by atoms with Gasteiger partial charge >= 0.3 is 5.97 Å². The first kappa shape index (κ1) is 25.3. The van der Waals surface area contributed by atoms with Crippen molar-refractivity contribution < 1.29 is 19.0 Å². The Kier molecular flexibility index (Phi) is 7.60. The third-order valence-electron chi connectivity index (χ3n) is 6.58. The lowest BCUT2D eigenvalue weighted by molar-refractivity contribution is -0.146. The van der Waals surface area contributed by atoms with E-state index in [1.807, 2.05) is 48.1 Å². The lowest BCUT2D eigenvalue weighted by Gasteiger charge is -2.31. The quantitative estimate of drug-likeness (QED) is 0.327. The van der Waals surface area contributed by atoms with Crippen LogP contribution >= 0.6 is 0 Å². The zero-order valence-corrected chi connectivity index (χ0v) is 21.0. The molecule has 1 saturated heterocycles. The monoisotopic (exact) mass is 516 g/mol. The number of esters is 1. The van der Waals surface area contributed by atoms with Crippen molar-refractivity contribution in [2.75, 3.05) is 25.0 Å². The van der Waals surface area contributed by atoms with E-state index in [0.29, 0.717) is 17.2 Å². The van der Waals surface area contributed by atoms with E-state index in [0.717, 1.165) is 42.7 Å². The molecule has 2 aromatic carbocycles. The molecule has 10 heteroatoms. The number of hydrogen-bond acceptors (Lipinski definition) is 8. The van der Waals surface area contributed by atoms with E-state index in [1.54, 1.807) is 18.5 Å². The molecule has 196 valence electrons. The highest BCUT2D eigenvalue weighted by Crippen LogP contribution is 2.28. The highest BCUT2D eigenvalue weighted by Gasteiger charge is 2.23. The molecule has 0 radical (unpaired) electrons. The minimum absolute atomic E-state index is 0.217. The molecule has 1 aliphatic heterocycles. The van der Waals surface area contributed by atoms with E-state index in [1.165, 1.54) is 12.1 Å². The molecule has 0 aliphatic carbocycles. The number of nitrogens with one attached hydrogen (secondary N) is 1. The summed E-state index contributed by atoms with van der Waals surface area (Å²) in [7, 11) is 0. The van der Waals surface area contributed by atoms with E-state index in [9.17, 15) is 14.3 Å². The number of carbonyl (C=O) groups excluding carboxylic acids is 1. The molecule has 0 saturated carbocycles. The Morgan fingerprint density at radius 2 is 1.95 bits per heavy atom. The Balaban J connectivity index is 1.14. The first-order chi connectivity index (χ1) is 18.4. The van der Waals surface area contributed by atoms with Crippen LogP contribution in [0.2, 0.25) is 0 Å². The van der Waals surface area contributed by atoms with Crippen molar-refractivity contribution in [2.45, 2.75) is 32.4 Å². The Morgan fingerprint density at radius 1 is 1.16 bits per heavy atom. The highest BCUT2D eigenvalue weighted by atomic mass is 19.1. The van der Waals surface area contributed by atoms with Crippen LogP contribution in [0, 0.1) is 12.7 Å². The number of carbonyl (C=O) groups is 1. The fourth-order valence-corrected chi connectivity index (χ4v) is 4.49. The lowest BCUT2D eigenvalue weighted by Crippen LogP contribution is -2.38. The molecule has 2 aromatic heterocycles. The number of benzene rings is 2. The van der Waals surface area contributed by atoms with Crippen molar-refractivity contribution in [1.29, 1.82) is 0 Å². The summed E-state index contributed by atoms with van der Waals surface area (Å²) in [5.74, 6) is -0.959. The SMILES string of the molecule is Cc1cnc(Nc2cnn(C3CCN(CC(=O)OCc4ccccc4)CC3)c2)nc1-c1ccc(O)c(F)c1. The summed E-state index contributed by atoms with van der Waals surface area (Å²) < 4.78 is 21.2. The van der Waals surface area contributed by atoms with Crippen molar-refractivity contribution in [3.8, 4) is 17.0 Å². The van der Waals surface area contributed by atoms with Gasteiger partial charge in [-0.05, 0) is 49.1 Å². The molecule has 9 nitrogen and oxygen atoms in total. The van der Waals surface area contributed by atoms with Gasteiger partial charge in [-0.15, -0.1) is 0 Å². The van der Waals surface area contributed by atoms with E-state index < -0.39 is 11.6 Å². The molecule has 0 spiro atoms. The van der Waals surface area contributed by atoms with Gasteiger partial charge in [0.05, 0.1) is 30.2 Å². The number of ether oxygens (including phenoxy) is 1. The molecule has 1 fully saturated rings. The Morgan fingerprint density at radius 3 is 2.71 bits per heavy atom. The van der Waals surface area contributed by atoms with Crippen LogP contribution in [0.1, 0.15) is 30.0 Å². The number of hydrogen-bond donors (Lipinski definition) is 2. The van der Waals surface area contributed by atoms with Gasteiger partial charge in [0, 0.05) is 31.0 Å². The van der Waals surface area contributed by atoms with Crippen molar-refractivity contribution in [3.63, 3.8) is 0 Å². The van der Waals surface area contributed by atoms with Crippen LogP contribution in [-0.4, -0.2) is 55.4 Å². The number of likely N-dealkylation sites (tertiary alicyclic amines) is 1. The smallest absolute Gasteiger partial charge is 0.320 e. The van der Waals surface area contributed by atoms with Crippen molar-refractivity contribution in [2.24, 2.45) is 0 Å². The molecule has 1 aliphatic rings. The van der Waals surface area contributed by atoms with Gasteiger partial charge in [0.15, 0.2) is 11.6 Å². The average Bonchev–Trinajstić information content (AvgIpc) is 3.40. The van der Waals surface area contributed by atoms with Crippen LogP contribution < -0.4 is 5.32 Å². The van der Waals surface area contributed by atoms with Crippen LogP contribution in [0.15, 0.2) is 67.1 Å². The number of piperidine rings is 1. The summed E-state index contributed by atoms with van der Waals surface area (Å²) in [6.07, 6.45) is 7.03. The number of nitrogens with zero attached hydrogens (tertiary/aromatic N) is 5. The first-order valence-corrected chi connectivity index (χ1v) is 12.5. The molecule has 5 rings (SSSR count). The molecule has 0 unspecified atom stereocenters. The molecule has 0 bridgehead atoms. The number of aryl methyl sites for hydroxylation is 1. The normalized spacial score (nSPS) is 14.4. The summed E-state index contributed by atoms with van der Waals surface area (Å²) >= 11 is 0. The van der Waals surface area contributed by atoms with Gasteiger partial charge in [0.2, 0.25) is 5.95 Å². The number of aromatic nitrogens is 4. The van der Waals surface area contributed by atoms with Crippen LogP contribution in [0.4, 0.5) is 16.0 Å². The predicted octanol–water partition coefficient (Wildman–Crippen LogP) is 4.62. The van der Waals surface area contributed by atoms with Gasteiger partial charge in [-0.1, -0.05) is 30.3 Å². The minimum Gasteiger partial charge on any atom is -0.505 e. The molecule has 0 atom stereocenters. The van der Waals surface area contributed by atoms with E-state index >= 15 is 0 Å². The van der Waals surface area contributed by atoms with E-state index in [4.69, 9.17) is 4.74 Å². The fraction of sp³-hybridized carbons (Fsp3) is 0.286. The number of anilines is 2. The van der Waals surface area contributed by atoms with Crippen LogP contribution in [0.25, 0.3) is 11.3 Å². The standard InChI is InChI=1S/C28H29FN6O3/c1-19-14-30-28(33-27(19)21-7-8-25(36)24(29)13-21)32-22-15-31-35(16-22)23-9-11-34(12-10-23)17-26(37)38-18-20-5-3-2-4-6-20/h2-8,13-16,23,36H,9-12,17-18H2,1H3,(H,30,32,33). The molecule has 4 aromatic rings. The molecule has 3 heterocycles. The third-order valence-corrected chi connectivity index (χ3v) is 6.58. The molecule has 2 N–H and O–H groups in total. The largest absolute Gasteiger partial charge is 0.505 e. The Bertz CT molecular complexity index is 1400. The maximum Gasteiger partial charge on any atom is 0.320 e. The van der Waals surface area contributed by atoms with Crippen LogP contribution in [0.5, 0.6) is 5.75 Å². The van der Waals surface area contributed by atoms with Gasteiger partial charge in [0.1, 0.15) is 6.61 Å². The van der Waals surface area contributed by atoms with Crippen molar-refractivity contribution in [1.82, 2.24) is 24.6 Å². The summed E-state index contributed by atoms with van der Waals surface area (Å²) in [6.45, 7) is 3.97.